The molecule has 1 heterocycles. The van der Waals surface area contributed by atoms with E-state index in [9.17, 15) is 39.0 Å². The Bertz CT molecular complexity index is 1140. The number of carbonyl (C=O) groups excluding carboxylic acids is 4. The quantitative estimate of drug-likeness (QED) is 0.0346. The van der Waals surface area contributed by atoms with E-state index in [1.165, 1.54) is 4.90 Å². The molecule has 0 unspecified atom stereocenters. The number of aliphatic carboxylic acids is 2. The minimum Gasteiger partial charge on any atom is -0.481 e. The molecule has 1 aliphatic rings. The van der Waals surface area contributed by atoms with Crippen molar-refractivity contribution in [3.63, 3.8) is 0 Å². The Labute approximate surface area is 267 Å². The van der Waals surface area contributed by atoms with Gasteiger partial charge in [0.1, 0.15) is 24.2 Å². The molecule has 1 aliphatic heterocycles. The fourth-order valence-corrected chi connectivity index (χ4v) is 4.74. The number of rotatable bonds is 20. The van der Waals surface area contributed by atoms with Crippen LogP contribution in [0.2, 0.25) is 0 Å². The Morgan fingerprint density at radius 2 is 1.33 bits per heavy atom. The van der Waals surface area contributed by atoms with Gasteiger partial charge in [-0.15, -0.1) is 0 Å². The van der Waals surface area contributed by atoms with Gasteiger partial charge in [0.25, 0.3) is 0 Å². The molecule has 15 N–H and O–H groups in total. The van der Waals surface area contributed by atoms with E-state index in [0.29, 0.717) is 12.8 Å². The Kier molecular flexibility index (Phi) is 16.8. The molecule has 0 aliphatic carbocycles. The molecule has 260 valence electrons. The number of nitrogens with two attached hydrogens (primary N) is 5. The van der Waals surface area contributed by atoms with Crippen molar-refractivity contribution in [2.24, 2.45) is 44.6 Å². The van der Waals surface area contributed by atoms with Crippen LogP contribution >= 0.6 is 0 Å². The number of carboxylic acids is 2. The number of amides is 4. The van der Waals surface area contributed by atoms with Crippen LogP contribution in [-0.4, -0.2) is 112 Å². The van der Waals surface area contributed by atoms with Crippen molar-refractivity contribution in [3.05, 3.63) is 0 Å². The van der Waals surface area contributed by atoms with E-state index in [1.807, 2.05) is 0 Å². The third kappa shape index (κ3) is 14.0. The van der Waals surface area contributed by atoms with Crippen molar-refractivity contribution in [2.45, 2.75) is 95.4 Å². The summed E-state index contributed by atoms with van der Waals surface area (Å²) in [5.74, 6) is -6.08. The largest absolute Gasteiger partial charge is 0.481 e. The van der Waals surface area contributed by atoms with Gasteiger partial charge in [-0.2, -0.15) is 0 Å². The van der Waals surface area contributed by atoms with Gasteiger partial charge in [0.2, 0.25) is 23.6 Å². The Morgan fingerprint density at radius 3 is 1.85 bits per heavy atom. The number of hydrogen-bond acceptors (Lipinski definition) is 9. The van der Waals surface area contributed by atoms with Gasteiger partial charge in [0.15, 0.2) is 11.9 Å². The lowest BCUT2D eigenvalue weighted by atomic mass is 10.0. The van der Waals surface area contributed by atoms with Crippen LogP contribution in [0, 0.1) is 5.92 Å². The highest BCUT2D eigenvalue weighted by Crippen LogP contribution is 2.20. The van der Waals surface area contributed by atoms with Crippen LogP contribution in [-0.2, 0) is 28.8 Å². The predicted molar refractivity (Wildman–Crippen MR) is 168 cm³/mol. The maximum Gasteiger partial charge on any atom is 0.326 e. The first-order valence-corrected chi connectivity index (χ1v) is 15.1. The van der Waals surface area contributed by atoms with E-state index in [0.717, 1.165) is 0 Å². The highest BCUT2D eigenvalue weighted by molar-refractivity contribution is 5.95. The zero-order valence-electron chi connectivity index (χ0n) is 26.3. The van der Waals surface area contributed by atoms with Crippen LogP contribution in [0.3, 0.4) is 0 Å². The van der Waals surface area contributed by atoms with Crippen molar-refractivity contribution < 1.29 is 39.0 Å². The van der Waals surface area contributed by atoms with E-state index >= 15 is 0 Å². The summed E-state index contributed by atoms with van der Waals surface area (Å²) in [6, 6.07) is -5.84. The summed E-state index contributed by atoms with van der Waals surface area (Å²) in [7, 11) is 0. The highest BCUT2D eigenvalue weighted by Gasteiger charge is 2.39. The molecule has 46 heavy (non-hydrogen) atoms. The number of carboxylic acid groups (broad SMARTS) is 2. The van der Waals surface area contributed by atoms with Gasteiger partial charge < -0.3 is 59.7 Å². The summed E-state index contributed by atoms with van der Waals surface area (Å²) in [6.45, 7) is 3.87. The van der Waals surface area contributed by atoms with Crippen molar-refractivity contribution in [2.75, 3.05) is 19.6 Å². The molecule has 0 radical (unpaired) electrons. The van der Waals surface area contributed by atoms with Gasteiger partial charge in [-0.25, -0.2) is 4.79 Å². The Balaban J connectivity index is 3.14. The first kappa shape index (κ1) is 39.3. The van der Waals surface area contributed by atoms with E-state index in [4.69, 9.17) is 28.7 Å². The van der Waals surface area contributed by atoms with Crippen LogP contribution in [0.4, 0.5) is 0 Å². The molecule has 1 rings (SSSR count). The van der Waals surface area contributed by atoms with Crippen LogP contribution in [0.5, 0.6) is 0 Å². The van der Waals surface area contributed by atoms with Crippen molar-refractivity contribution in [1.29, 1.82) is 0 Å². The molecular formula is C27H49N11O8. The minimum atomic E-state index is -1.42. The molecule has 1 fully saturated rings. The van der Waals surface area contributed by atoms with Gasteiger partial charge in [-0.05, 0) is 50.9 Å². The van der Waals surface area contributed by atoms with Crippen LogP contribution < -0.4 is 44.6 Å². The van der Waals surface area contributed by atoms with Gasteiger partial charge >= 0.3 is 11.9 Å². The maximum absolute atomic E-state index is 13.4. The second-order valence-corrected chi connectivity index (χ2v) is 11.3. The molecule has 0 spiro atoms. The molecule has 0 aromatic carbocycles. The molecule has 1 saturated heterocycles. The average molecular weight is 656 g/mol. The summed E-state index contributed by atoms with van der Waals surface area (Å²) in [5, 5.41) is 26.4. The lowest BCUT2D eigenvalue weighted by molar-refractivity contribution is -0.150. The molecule has 0 bridgehead atoms. The fourth-order valence-electron chi connectivity index (χ4n) is 4.74. The molecule has 19 heteroatoms. The molecule has 0 aromatic rings. The van der Waals surface area contributed by atoms with E-state index < -0.39 is 78.1 Å². The van der Waals surface area contributed by atoms with Crippen LogP contribution in [0.15, 0.2) is 9.98 Å². The molecule has 4 amide bonds. The zero-order valence-corrected chi connectivity index (χ0v) is 26.3. The van der Waals surface area contributed by atoms with Crippen molar-refractivity contribution in [3.8, 4) is 0 Å². The minimum absolute atomic E-state index is 0.0288. The van der Waals surface area contributed by atoms with Gasteiger partial charge in [0, 0.05) is 26.1 Å². The summed E-state index contributed by atoms with van der Waals surface area (Å²) in [5.41, 5.74) is 27.3. The third-order valence-electron chi connectivity index (χ3n) is 7.21. The number of hydrogen-bond donors (Lipinski definition) is 10. The second kappa shape index (κ2) is 19.7. The summed E-state index contributed by atoms with van der Waals surface area (Å²) < 4.78 is 0. The smallest absolute Gasteiger partial charge is 0.326 e. The number of guanidine groups is 2. The first-order chi connectivity index (χ1) is 21.5. The number of nitrogens with zero attached hydrogens (tertiary/aromatic N) is 3. The van der Waals surface area contributed by atoms with Crippen molar-refractivity contribution >= 4 is 47.5 Å². The normalized spacial score (nSPS) is 16.8. The summed E-state index contributed by atoms with van der Waals surface area (Å²) >= 11 is 0. The molecule has 0 aromatic heterocycles. The highest BCUT2D eigenvalue weighted by atomic mass is 16.4. The molecular weight excluding hydrogens is 606 g/mol. The lowest BCUT2D eigenvalue weighted by Crippen LogP contribution is -2.59. The molecule has 19 nitrogen and oxygen atoms in total. The standard InChI is InChI=1S/C27H49N11O8/c1-14(2)20(24(44)38-13-5-8-18(38)25(45)46)37-23(43)17(9-10-19(39)40)36-22(42)16(7-4-12-34-27(31)32)35-21(41)15(28)6-3-11-33-26(29)30/h14-18,20H,3-13,28H2,1-2H3,(H,35,41)(H,36,42)(H,37,43)(H,39,40)(H,45,46)(H4,29,30,33)(H4,31,32,34)/t15-,16-,17-,18-,20-/m0/s1. The van der Waals surface area contributed by atoms with E-state index in [1.54, 1.807) is 13.8 Å². The number of aliphatic imine (C=N–C) groups is 2. The second-order valence-electron chi connectivity index (χ2n) is 11.3. The van der Waals surface area contributed by atoms with Gasteiger partial charge in [-0.3, -0.25) is 34.0 Å². The van der Waals surface area contributed by atoms with Crippen LogP contribution in [0.1, 0.15) is 65.2 Å². The number of carbonyl (C=O) groups is 6. The van der Waals surface area contributed by atoms with E-state index in [2.05, 4.69) is 25.9 Å². The fraction of sp³-hybridized carbons (Fsp3) is 0.704. The monoisotopic (exact) mass is 655 g/mol. The van der Waals surface area contributed by atoms with Crippen LogP contribution in [0.25, 0.3) is 0 Å². The predicted octanol–water partition coefficient (Wildman–Crippen LogP) is -3.53. The first-order valence-electron chi connectivity index (χ1n) is 15.1. The maximum atomic E-state index is 13.4. The summed E-state index contributed by atoms with van der Waals surface area (Å²) in [6.07, 6.45) is 0.751. The average Bonchev–Trinajstić information content (AvgIpc) is 3.47. The topological polar surface area (TPSA) is 337 Å². The SMILES string of the molecule is CC(C)[C@H](NC(=O)[C@H](CCC(=O)O)NC(=O)[C@H](CCCN=C(N)N)NC(=O)[C@@H](N)CCCN=C(N)N)C(=O)N1CCC[C@H]1C(=O)O. The number of likely N-dealkylation sites (tertiary alicyclic amines) is 1. The lowest BCUT2D eigenvalue weighted by Gasteiger charge is -2.31. The van der Waals surface area contributed by atoms with Gasteiger partial charge in [-0.1, -0.05) is 13.8 Å². The Morgan fingerprint density at radius 1 is 0.804 bits per heavy atom. The molecule has 5 atom stereocenters. The van der Waals surface area contributed by atoms with E-state index in [-0.39, 0.29) is 63.7 Å². The zero-order chi connectivity index (χ0) is 35.0. The van der Waals surface area contributed by atoms with Gasteiger partial charge in [0.05, 0.1) is 6.04 Å². The molecule has 0 saturated carbocycles. The number of nitrogens with one attached hydrogen (secondary N) is 3. The third-order valence-corrected chi connectivity index (χ3v) is 7.21. The summed E-state index contributed by atoms with van der Waals surface area (Å²) in [4.78, 5) is 84.9. The van der Waals surface area contributed by atoms with Crippen molar-refractivity contribution in [1.82, 2.24) is 20.9 Å². The Hall–Kier alpha value is -4.68.